The van der Waals surface area contributed by atoms with E-state index in [1.54, 1.807) is 41.5 Å². The van der Waals surface area contributed by atoms with E-state index in [1.165, 1.54) is 7.05 Å². The van der Waals surface area contributed by atoms with Gasteiger partial charge in [-0.15, -0.1) is 0 Å². The Labute approximate surface area is 210 Å². The van der Waals surface area contributed by atoms with Gasteiger partial charge in [0, 0.05) is 13.6 Å². The van der Waals surface area contributed by atoms with Crippen molar-refractivity contribution in [1.82, 2.24) is 24.6 Å². The highest BCUT2D eigenvalue weighted by Crippen LogP contribution is 2.38. The first-order valence-electron chi connectivity index (χ1n) is 11.1. The average Bonchev–Trinajstić information content (AvgIpc) is 3.13. The molecule has 3 rings (SSSR count). The second-order valence-electron chi connectivity index (χ2n) is 10.3. The third kappa shape index (κ3) is 6.71. The molecule has 0 bridgehead atoms. The third-order valence-corrected chi connectivity index (χ3v) is 4.69. The molecule has 0 aliphatic carbocycles. The summed E-state index contributed by atoms with van der Waals surface area (Å²) in [7, 11) is 1.33. The number of fused-ring (bicyclic) bond motifs is 1. The van der Waals surface area contributed by atoms with Gasteiger partial charge in [0.15, 0.2) is 5.82 Å². The summed E-state index contributed by atoms with van der Waals surface area (Å²) in [6.07, 6.45) is -4.37. The average molecular weight is 526 g/mol. The van der Waals surface area contributed by atoms with Gasteiger partial charge >= 0.3 is 18.4 Å². The summed E-state index contributed by atoms with van der Waals surface area (Å²) in [5.41, 5.74) is -3.85. The lowest BCUT2D eigenvalue weighted by molar-refractivity contribution is -0.137. The minimum absolute atomic E-state index is 0.0112. The van der Waals surface area contributed by atoms with Crippen LogP contribution >= 0.6 is 0 Å². The zero-order valence-corrected chi connectivity index (χ0v) is 21.4. The van der Waals surface area contributed by atoms with Crippen molar-refractivity contribution < 1.29 is 36.6 Å². The van der Waals surface area contributed by atoms with Crippen LogP contribution in [0.3, 0.4) is 0 Å². The topological polar surface area (TPSA) is 99.4 Å². The lowest BCUT2D eigenvalue weighted by Gasteiger charge is -2.25. The number of carbonyl (C=O) groups is 2. The molecule has 0 aliphatic rings. The molecule has 37 heavy (non-hydrogen) atoms. The molecule has 0 radical (unpaired) electrons. The van der Waals surface area contributed by atoms with E-state index in [4.69, 9.17) is 9.47 Å². The first kappa shape index (κ1) is 27.8. The molecule has 9 nitrogen and oxygen atoms in total. The number of alkyl halides is 3. The monoisotopic (exact) mass is 525 g/mol. The van der Waals surface area contributed by atoms with Gasteiger partial charge in [0.2, 0.25) is 0 Å². The van der Waals surface area contributed by atoms with Gasteiger partial charge in [-0.25, -0.2) is 23.9 Å². The Bertz CT molecular complexity index is 1340. The smallest absolute Gasteiger partial charge is 0.435 e. The number of benzene rings is 1. The highest BCUT2D eigenvalue weighted by atomic mass is 19.4. The van der Waals surface area contributed by atoms with Crippen molar-refractivity contribution in [3.05, 3.63) is 41.5 Å². The van der Waals surface area contributed by atoms with Crippen molar-refractivity contribution in [2.45, 2.75) is 65.5 Å². The van der Waals surface area contributed by atoms with Crippen molar-refractivity contribution in [2.75, 3.05) is 7.05 Å². The van der Waals surface area contributed by atoms with E-state index in [-0.39, 0.29) is 23.1 Å². The largest absolute Gasteiger partial charge is 0.444 e. The van der Waals surface area contributed by atoms with E-state index in [2.05, 4.69) is 15.1 Å². The fourth-order valence-corrected chi connectivity index (χ4v) is 3.28. The van der Waals surface area contributed by atoms with Crippen LogP contribution in [0.25, 0.3) is 22.4 Å². The molecule has 0 saturated heterocycles. The van der Waals surface area contributed by atoms with E-state index in [1.807, 2.05) is 0 Å². The molecule has 2 heterocycles. The first-order valence-corrected chi connectivity index (χ1v) is 11.1. The highest BCUT2D eigenvalue weighted by Gasteiger charge is 2.37. The summed E-state index contributed by atoms with van der Waals surface area (Å²) >= 11 is 0. The van der Waals surface area contributed by atoms with Gasteiger partial charge in [0.1, 0.15) is 28.1 Å². The van der Waals surface area contributed by atoms with E-state index in [9.17, 15) is 22.8 Å². The maximum Gasteiger partial charge on any atom is 0.435 e. The number of hydrogen-bond donors (Lipinski definition) is 0. The summed E-state index contributed by atoms with van der Waals surface area (Å²) in [6, 6.07) is 1.61. The molecule has 200 valence electrons. The molecule has 0 spiro atoms. The SMILES string of the molecule is CN(Cc1cc(F)c(-c2ncc3c(cnn3C(=O)OC(C)(C)C)n2)c(C(F)(F)F)c1)C(=O)OC(C)(C)C. The van der Waals surface area contributed by atoms with Gasteiger partial charge in [-0.2, -0.15) is 23.0 Å². The van der Waals surface area contributed by atoms with Crippen LogP contribution in [0.1, 0.15) is 52.7 Å². The number of rotatable bonds is 3. The number of ether oxygens (including phenoxy) is 2. The molecule has 0 saturated carbocycles. The second-order valence-corrected chi connectivity index (χ2v) is 10.3. The molecule has 0 N–H and O–H groups in total. The normalized spacial score (nSPS) is 12.5. The van der Waals surface area contributed by atoms with Crippen LogP contribution in [0, 0.1) is 5.82 Å². The number of amides is 1. The molecule has 0 fully saturated rings. The molecule has 0 unspecified atom stereocenters. The number of nitrogens with zero attached hydrogens (tertiary/aromatic N) is 5. The molecular weight excluding hydrogens is 498 g/mol. The van der Waals surface area contributed by atoms with Crippen molar-refractivity contribution >= 4 is 23.2 Å². The fourth-order valence-electron chi connectivity index (χ4n) is 3.28. The maximum atomic E-state index is 15.2. The summed E-state index contributed by atoms with van der Waals surface area (Å²) in [5.74, 6) is -1.78. The molecule has 1 aromatic carbocycles. The van der Waals surface area contributed by atoms with Crippen LogP contribution in [0.2, 0.25) is 0 Å². The zero-order valence-electron chi connectivity index (χ0n) is 21.4. The molecule has 13 heteroatoms. The van der Waals surface area contributed by atoms with Gasteiger partial charge < -0.3 is 14.4 Å². The fraction of sp³-hybridized carbons (Fsp3) is 0.458. The Hall–Kier alpha value is -3.77. The number of carbonyl (C=O) groups excluding carboxylic acids is 2. The lowest BCUT2D eigenvalue weighted by Crippen LogP contribution is -2.33. The van der Waals surface area contributed by atoms with Crippen LogP contribution in [0.4, 0.5) is 27.2 Å². The zero-order chi connectivity index (χ0) is 27.9. The quantitative estimate of drug-likeness (QED) is 0.399. The minimum Gasteiger partial charge on any atom is -0.444 e. The van der Waals surface area contributed by atoms with Crippen molar-refractivity contribution in [3.63, 3.8) is 0 Å². The van der Waals surface area contributed by atoms with Gasteiger partial charge in [0.05, 0.1) is 23.5 Å². The second kappa shape index (κ2) is 9.60. The van der Waals surface area contributed by atoms with E-state index >= 15 is 4.39 Å². The Morgan fingerprint density at radius 2 is 1.62 bits per heavy atom. The molecular formula is C24H27F4N5O4. The summed E-state index contributed by atoms with van der Waals surface area (Å²) in [4.78, 5) is 33.5. The van der Waals surface area contributed by atoms with Gasteiger partial charge in [-0.1, -0.05) is 0 Å². The van der Waals surface area contributed by atoms with Crippen LogP contribution in [-0.2, 0) is 22.2 Å². The summed E-state index contributed by atoms with van der Waals surface area (Å²) in [6.45, 7) is 9.55. The third-order valence-electron chi connectivity index (χ3n) is 4.69. The highest BCUT2D eigenvalue weighted by molar-refractivity contribution is 5.86. The van der Waals surface area contributed by atoms with Crippen LogP contribution in [-0.4, -0.2) is 55.1 Å². The number of aromatic nitrogens is 4. The molecule has 2 aromatic heterocycles. The predicted octanol–water partition coefficient (Wildman–Crippen LogP) is 5.80. The molecule has 0 atom stereocenters. The van der Waals surface area contributed by atoms with Crippen LogP contribution in [0.5, 0.6) is 0 Å². The summed E-state index contributed by atoms with van der Waals surface area (Å²) in [5, 5.41) is 3.87. The van der Waals surface area contributed by atoms with Crippen LogP contribution < -0.4 is 0 Å². The maximum absolute atomic E-state index is 15.2. The molecule has 1 amide bonds. The standard InChI is InChI=1S/C24H27F4N5O4/c1-22(2,3)36-20(34)32(7)12-13-8-14(24(26,27)28)18(15(25)9-13)19-29-11-17-16(31-19)10-30-33(17)21(35)37-23(4,5)6/h8-11H,12H2,1-7H3. The van der Waals surface area contributed by atoms with Gasteiger partial charge in [-0.05, 0) is 59.2 Å². The van der Waals surface area contributed by atoms with Crippen molar-refractivity contribution in [2.24, 2.45) is 0 Å². The minimum atomic E-state index is -4.96. The predicted molar refractivity (Wildman–Crippen MR) is 125 cm³/mol. The Balaban J connectivity index is 2.01. The van der Waals surface area contributed by atoms with Crippen molar-refractivity contribution in [1.29, 1.82) is 0 Å². The Kier molecular flexibility index (Phi) is 7.21. The van der Waals surface area contributed by atoms with Crippen molar-refractivity contribution in [3.8, 4) is 11.4 Å². The first-order chi connectivity index (χ1) is 16.9. The molecule has 3 aromatic rings. The number of halogens is 4. The van der Waals surface area contributed by atoms with E-state index in [0.29, 0.717) is 0 Å². The van der Waals surface area contributed by atoms with Crippen LogP contribution in [0.15, 0.2) is 24.5 Å². The molecule has 0 aliphatic heterocycles. The Morgan fingerprint density at radius 3 is 2.19 bits per heavy atom. The van der Waals surface area contributed by atoms with E-state index < -0.39 is 52.3 Å². The van der Waals surface area contributed by atoms with Gasteiger partial charge in [0.25, 0.3) is 0 Å². The summed E-state index contributed by atoms with van der Waals surface area (Å²) < 4.78 is 68.4. The van der Waals surface area contributed by atoms with E-state index in [0.717, 1.165) is 34.1 Å². The van der Waals surface area contributed by atoms with Gasteiger partial charge in [-0.3, -0.25) is 0 Å². The number of hydrogen-bond acceptors (Lipinski definition) is 7. The Morgan fingerprint density at radius 1 is 1.00 bits per heavy atom. The lowest BCUT2D eigenvalue weighted by atomic mass is 10.0.